The molecule has 1 heterocycles. The topological polar surface area (TPSA) is 33.3 Å². The first-order valence-corrected chi connectivity index (χ1v) is 4.76. The highest BCUT2D eigenvalue weighted by Gasteiger charge is 2.16. The van der Waals surface area contributed by atoms with Crippen LogP contribution in [0.4, 0.5) is 0 Å². The molecule has 0 aromatic heterocycles. The molecule has 1 rings (SSSR count). The molecule has 1 fully saturated rings. The minimum absolute atomic E-state index is 0.642. The van der Waals surface area contributed by atoms with Crippen molar-refractivity contribution in [1.29, 1.82) is 0 Å². The van der Waals surface area contributed by atoms with E-state index in [1.54, 1.807) is 7.11 Å². The highest BCUT2D eigenvalue weighted by molar-refractivity contribution is 4.78. The third-order valence-corrected chi connectivity index (χ3v) is 2.31. The van der Waals surface area contributed by atoms with E-state index in [1.807, 2.05) is 0 Å². The number of ether oxygens (including phenoxy) is 1. The van der Waals surface area contributed by atoms with Crippen molar-refractivity contribution in [2.45, 2.75) is 19.4 Å². The molecule has 0 aromatic carbocycles. The summed E-state index contributed by atoms with van der Waals surface area (Å²) in [6, 6.07) is 0.642. The van der Waals surface area contributed by atoms with Crippen LogP contribution in [0.3, 0.4) is 0 Å². The standard InChI is InChI=1S/C9H20N2O/c1-8-5-9(7-10-6-8)11-3-4-12-2/h8-11H,3-7H2,1-2H3. The summed E-state index contributed by atoms with van der Waals surface area (Å²) in [4.78, 5) is 0. The molecule has 0 bridgehead atoms. The van der Waals surface area contributed by atoms with Gasteiger partial charge in [-0.1, -0.05) is 6.92 Å². The Kier molecular flexibility index (Phi) is 4.58. The van der Waals surface area contributed by atoms with Crippen LogP contribution in [0.1, 0.15) is 13.3 Å². The van der Waals surface area contributed by atoms with Crippen LogP contribution in [0, 0.1) is 5.92 Å². The van der Waals surface area contributed by atoms with Gasteiger partial charge in [0, 0.05) is 26.2 Å². The van der Waals surface area contributed by atoms with Crippen molar-refractivity contribution < 1.29 is 4.74 Å². The van der Waals surface area contributed by atoms with E-state index in [4.69, 9.17) is 4.74 Å². The average molecular weight is 172 g/mol. The molecule has 1 saturated heterocycles. The Morgan fingerprint density at radius 1 is 1.50 bits per heavy atom. The van der Waals surface area contributed by atoms with Crippen LogP contribution in [0.2, 0.25) is 0 Å². The van der Waals surface area contributed by atoms with Crippen LogP contribution in [-0.2, 0) is 4.74 Å². The molecular weight excluding hydrogens is 152 g/mol. The Hall–Kier alpha value is -0.120. The van der Waals surface area contributed by atoms with Gasteiger partial charge in [-0.25, -0.2) is 0 Å². The van der Waals surface area contributed by atoms with Gasteiger partial charge in [-0.2, -0.15) is 0 Å². The molecule has 0 aliphatic carbocycles. The molecule has 3 heteroatoms. The molecule has 0 aromatic rings. The van der Waals surface area contributed by atoms with Gasteiger partial charge in [0.1, 0.15) is 0 Å². The highest BCUT2D eigenvalue weighted by Crippen LogP contribution is 2.08. The highest BCUT2D eigenvalue weighted by atomic mass is 16.5. The molecule has 0 saturated carbocycles. The average Bonchev–Trinajstić information content (AvgIpc) is 2.05. The van der Waals surface area contributed by atoms with Gasteiger partial charge >= 0.3 is 0 Å². The lowest BCUT2D eigenvalue weighted by atomic mass is 9.98. The summed E-state index contributed by atoms with van der Waals surface area (Å²) >= 11 is 0. The number of rotatable bonds is 4. The number of hydrogen-bond donors (Lipinski definition) is 2. The quantitative estimate of drug-likeness (QED) is 0.595. The van der Waals surface area contributed by atoms with Gasteiger partial charge in [0.2, 0.25) is 0 Å². The van der Waals surface area contributed by atoms with Crippen LogP contribution < -0.4 is 10.6 Å². The lowest BCUT2D eigenvalue weighted by Crippen LogP contribution is -2.47. The third kappa shape index (κ3) is 3.52. The SMILES string of the molecule is COCCNC1CNCC(C)C1. The van der Waals surface area contributed by atoms with Crippen LogP contribution in [0.15, 0.2) is 0 Å². The van der Waals surface area contributed by atoms with Gasteiger partial charge in [-0.05, 0) is 18.9 Å². The molecule has 1 aliphatic heterocycles. The summed E-state index contributed by atoms with van der Waals surface area (Å²) in [5, 5.41) is 6.87. The zero-order valence-corrected chi connectivity index (χ0v) is 8.10. The third-order valence-electron chi connectivity index (χ3n) is 2.31. The summed E-state index contributed by atoms with van der Waals surface area (Å²) in [6.07, 6.45) is 1.29. The van der Waals surface area contributed by atoms with Crippen LogP contribution >= 0.6 is 0 Å². The Labute approximate surface area is 74.9 Å². The van der Waals surface area contributed by atoms with E-state index < -0.39 is 0 Å². The van der Waals surface area contributed by atoms with E-state index in [2.05, 4.69) is 17.6 Å². The predicted octanol–water partition coefficient (Wildman–Crippen LogP) is 0.220. The fourth-order valence-corrected chi connectivity index (χ4v) is 1.68. The van der Waals surface area contributed by atoms with Gasteiger partial charge in [0.25, 0.3) is 0 Å². The molecule has 3 nitrogen and oxygen atoms in total. The van der Waals surface area contributed by atoms with E-state index in [1.165, 1.54) is 13.0 Å². The van der Waals surface area contributed by atoms with Crippen LogP contribution in [-0.4, -0.2) is 39.4 Å². The van der Waals surface area contributed by atoms with Crippen molar-refractivity contribution in [2.75, 3.05) is 33.4 Å². The van der Waals surface area contributed by atoms with Crippen molar-refractivity contribution in [2.24, 2.45) is 5.92 Å². The first-order valence-electron chi connectivity index (χ1n) is 4.76. The predicted molar refractivity (Wildman–Crippen MR) is 50.3 cm³/mol. The van der Waals surface area contributed by atoms with Crippen molar-refractivity contribution in [3.63, 3.8) is 0 Å². The van der Waals surface area contributed by atoms with Crippen molar-refractivity contribution >= 4 is 0 Å². The molecule has 2 N–H and O–H groups in total. The maximum atomic E-state index is 4.98. The maximum Gasteiger partial charge on any atom is 0.0587 e. The second-order valence-electron chi connectivity index (χ2n) is 3.64. The fraction of sp³-hybridized carbons (Fsp3) is 1.00. The summed E-state index contributed by atoms with van der Waals surface area (Å²) in [6.45, 7) is 6.34. The van der Waals surface area contributed by atoms with Gasteiger partial charge in [-0.3, -0.25) is 0 Å². The Bertz CT molecular complexity index is 119. The molecule has 2 unspecified atom stereocenters. The summed E-state index contributed by atoms with van der Waals surface area (Å²) < 4.78 is 4.98. The Morgan fingerprint density at radius 2 is 2.33 bits per heavy atom. The zero-order valence-electron chi connectivity index (χ0n) is 8.10. The maximum absolute atomic E-state index is 4.98. The van der Waals surface area contributed by atoms with E-state index in [0.717, 1.165) is 25.6 Å². The van der Waals surface area contributed by atoms with Gasteiger partial charge in [0.05, 0.1) is 6.61 Å². The molecule has 12 heavy (non-hydrogen) atoms. The number of nitrogens with one attached hydrogen (secondary N) is 2. The minimum atomic E-state index is 0.642. The summed E-state index contributed by atoms with van der Waals surface area (Å²) in [5.41, 5.74) is 0. The first kappa shape index (κ1) is 9.96. The Balaban J connectivity index is 2.06. The van der Waals surface area contributed by atoms with Crippen molar-refractivity contribution in [3.8, 4) is 0 Å². The van der Waals surface area contributed by atoms with Gasteiger partial charge in [-0.15, -0.1) is 0 Å². The van der Waals surface area contributed by atoms with Crippen molar-refractivity contribution in [1.82, 2.24) is 10.6 Å². The molecule has 0 spiro atoms. The molecule has 0 radical (unpaired) electrons. The first-order chi connectivity index (χ1) is 5.83. The molecule has 0 amide bonds. The molecule has 2 atom stereocenters. The summed E-state index contributed by atoms with van der Waals surface area (Å²) in [5.74, 6) is 0.804. The molecule has 72 valence electrons. The van der Waals surface area contributed by atoms with Gasteiger partial charge in [0.15, 0.2) is 0 Å². The minimum Gasteiger partial charge on any atom is -0.383 e. The number of piperidine rings is 1. The molecular formula is C9H20N2O. The van der Waals surface area contributed by atoms with Gasteiger partial charge < -0.3 is 15.4 Å². The number of methoxy groups -OCH3 is 1. The second kappa shape index (κ2) is 5.51. The molecule has 1 aliphatic rings. The van der Waals surface area contributed by atoms with E-state index in [9.17, 15) is 0 Å². The fourth-order valence-electron chi connectivity index (χ4n) is 1.68. The smallest absolute Gasteiger partial charge is 0.0587 e. The normalized spacial score (nSPS) is 30.5. The van der Waals surface area contributed by atoms with E-state index in [-0.39, 0.29) is 0 Å². The largest absolute Gasteiger partial charge is 0.383 e. The monoisotopic (exact) mass is 172 g/mol. The second-order valence-corrected chi connectivity index (χ2v) is 3.64. The van der Waals surface area contributed by atoms with Crippen LogP contribution in [0.25, 0.3) is 0 Å². The number of hydrogen-bond acceptors (Lipinski definition) is 3. The zero-order chi connectivity index (χ0) is 8.81. The van der Waals surface area contributed by atoms with E-state index in [0.29, 0.717) is 6.04 Å². The Morgan fingerprint density at radius 3 is 3.00 bits per heavy atom. The van der Waals surface area contributed by atoms with E-state index >= 15 is 0 Å². The lowest BCUT2D eigenvalue weighted by Gasteiger charge is -2.28. The van der Waals surface area contributed by atoms with Crippen molar-refractivity contribution in [3.05, 3.63) is 0 Å². The summed E-state index contributed by atoms with van der Waals surface area (Å²) in [7, 11) is 1.74. The lowest BCUT2D eigenvalue weighted by molar-refractivity contribution is 0.190. The van der Waals surface area contributed by atoms with Crippen LogP contribution in [0.5, 0.6) is 0 Å².